The summed E-state index contributed by atoms with van der Waals surface area (Å²) in [6, 6.07) is 9.02. The molecule has 0 radical (unpaired) electrons. The van der Waals surface area contributed by atoms with Gasteiger partial charge in [0.1, 0.15) is 0 Å². The zero-order valence-electron chi connectivity index (χ0n) is 10.9. The molecule has 1 aliphatic heterocycles. The molecule has 2 aliphatic rings. The van der Waals surface area contributed by atoms with Crippen LogP contribution in [0.5, 0.6) is 0 Å². The van der Waals surface area contributed by atoms with Crippen molar-refractivity contribution in [3.8, 4) is 0 Å². The predicted molar refractivity (Wildman–Crippen MR) is 71.8 cm³/mol. The lowest BCUT2D eigenvalue weighted by atomic mass is 9.92. The van der Waals surface area contributed by atoms with Crippen LogP contribution < -0.4 is 11.3 Å². The Balaban J connectivity index is 1.73. The number of nitrogens with two attached hydrogens (primary N) is 1. The number of ether oxygens (including phenoxy) is 1. The van der Waals surface area contributed by atoms with Gasteiger partial charge in [-0.05, 0) is 42.2 Å². The summed E-state index contributed by atoms with van der Waals surface area (Å²) < 4.78 is 5.95. The predicted octanol–water partition coefficient (Wildman–Crippen LogP) is 2.18. The highest BCUT2D eigenvalue weighted by molar-refractivity contribution is 5.31. The highest BCUT2D eigenvalue weighted by atomic mass is 16.5. The van der Waals surface area contributed by atoms with E-state index in [-0.39, 0.29) is 6.10 Å². The molecule has 1 saturated carbocycles. The number of benzene rings is 1. The van der Waals surface area contributed by atoms with Gasteiger partial charge in [0.05, 0.1) is 12.7 Å². The number of hydrazine groups is 1. The minimum atomic E-state index is 0.212. The molecule has 1 aromatic rings. The van der Waals surface area contributed by atoms with Crippen LogP contribution in [0.1, 0.15) is 37.0 Å². The van der Waals surface area contributed by atoms with Crippen molar-refractivity contribution in [2.24, 2.45) is 17.7 Å². The molecule has 4 atom stereocenters. The largest absolute Gasteiger partial charge is 0.373 e. The fraction of sp³-hybridized carbons (Fsp3) is 0.600. The molecule has 0 bridgehead atoms. The molecule has 1 aromatic carbocycles. The van der Waals surface area contributed by atoms with Crippen LogP contribution in [-0.4, -0.2) is 12.6 Å². The molecule has 18 heavy (non-hydrogen) atoms. The van der Waals surface area contributed by atoms with Crippen LogP contribution in [0.25, 0.3) is 0 Å². The Morgan fingerprint density at radius 3 is 2.94 bits per heavy atom. The van der Waals surface area contributed by atoms with Gasteiger partial charge < -0.3 is 4.74 Å². The SMILES string of the molecule is CC1CC1C(CC1OCCc2ccccc21)NN. The minimum Gasteiger partial charge on any atom is -0.373 e. The molecule has 1 heterocycles. The number of fused-ring (bicyclic) bond motifs is 1. The monoisotopic (exact) mass is 246 g/mol. The summed E-state index contributed by atoms with van der Waals surface area (Å²) in [4.78, 5) is 0. The average Bonchev–Trinajstić information content (AvgIpc) is 3.13. The van der Waals surface area contributed by atoms with Crippen LogP contribution in [0.2, 0.25) is 0 Å². The second kappa shape index (κ2) is 5.00. The fourth-order valence-corrected chi connectivity index (χ4v) is 3.18. The summed E-state index contributed by atoms with van der Waals surface area (Å²) in [7, 11) is 0. The van der Waals surface area contributed by atoms with Crippen molar-refractivity contribution in [2.45, 2.75) is 38.3 Å². The van der Waals surface area contributed by atoms with Gasteiger partial charge in [-0.25, -0.2) is 0 Å². The molecule has 3 N–H and O–H groups in total. The van der Waals surface area contributed by atoms with Crippen molar-refractivity contribution in [2.75, 3.05) is 6.61 Å². The first-order valence-corrected chi connectivity index (χ1v) is 6.95. The van der Waals surface area contributed by atoms with Crippen molar-refractivity contribution in [3.63, 3.8) is 0 Å². The smallest absolute Gasteiger partial charge is 0.0843 e. The van der Waals surface area contributed by atoms with Crippen LogP contribution in [0.4, 0.5) is 0 Å². The summed E-state index contributed by atoms with van der Waals surface area (Å²) in [5.74, 6) is 7.25. The first-order valence-electron chi connectivity index (χ1n) is 6.95. The molecule has 3 rings (SSSR count). The topological polar surface area (TPSA) is 47.3 Å². The minimum absolute atomic E-state index is 0.212. The Morgan fingerprint density at radius 2 is 2.22 bits per heavy atom. The lowest BCUT2D eigenvalue weighted by Crippen LogP contribution is -2.39. The highest BCUT2D eigenvalue weighted by Crippen LogP contribution is 2.43. The molecule has 0 saturated heterocycles. The summed E-state index contributed by atoms with van der Waals surface area (Å²) >= 11 is 0. The lowest BCUT2D eigenvalue weighted by Gasteiger charge is -2.29. The second-order valence-electron chi connectivity index (χ2n) is 5.69. The average molecular weight is 246 g/mol. The van der Waals surface area contributed by atoms with E-state index in [1.807, 2.05) is 0 Å². The zero-order chi connectivity index (χ0) is 12.5. The van der Waals surface area contributed by atoms with Gasteiger partial charge in [0.15, 0.2) is 0 Å². The van der Waals surface area contributed by atoms with Crippen molar-refractivity contribution >= 4 is 0 Å². The van der Waals surface area contributed by atoms with E-state index >= 15 is 0 Å². The third-order valence-electron chi connectivity index (χ3n) is 4.46. The fourth-order valence-electron chi connectivity index (χ4n) is 3.18. The second-order valence-corrected chi connectivity index (χ2v) is 5.69. The molecule has 0 spiro atoms. The van der Waals surface area contributed by atoms with Crippen molar-refractivity contribution in [3.05, 3.63) is 35.4 Å². The molecule has 98 valence electrons. The molecule has 0 aromatic heterocycles. The van der Waals surface area contributed by atoms with E-state index in [4.69, 9.17) is 10.6 Å². The van der Waals surface area contributed by atoms with Crippen molar-refractivity contribution in [1.82, 2.24) is 5.43 Å². The number of hydrogen-bond donors (Lipinski definition) is 2. The number of nitrogens with one attached hydrogen (secondary N) is 1. The maximum Gasteiger partial charge on any atom is 0.0843 e. The molecule has 1 aliphatic carbocycles. The van der Waals surface area contributed by atoms with Crippen molar-refractivity contribution < 1.29 is 4.74 Å². The van der Waals surface area contributed by atoms with E-state index in [9.17, 15) is 0 Å². The Hall–Kier alpha value is -0.900. The summed E-state index contributed by atoms with van der Waals surface area (Å²) in [6.07, 6.45) is 3.53. The lowest BCUT2D eigenvalue weighted by molar-refractivity contribution is 0.0274. The van der Waals surface area contributed by atoms with E-state index in [1.165, 1.54) is 17.5 Å². The third kappa shape index (κ3) is 2.30. The van der Waals surface area contributed by atoms with Gasteiger partial charge >= 0.3 is 0 Å². The Kier molecular flexibility index (Phi) is 3.37. The van der Waals surface area contributed by atoms with Crippen LogP contribution in [0, 0.1) is 11.8 Å². The third-order valence-corrected chi connectivity index (χ3v) is 4.46. The Bertz CT molecular complexity index is 421. The number of rotatable bonds is 4. The van der Waals surface area contributed by atoms with E-state index in [0.717, 1.165) is 31.3 Å². The van der Waals surface area contributed by atoms with Gasteiger partial charge in [0, 0.05) is 6.04 Å². The molecule has 3 nitrogen and oxygen atoms in total. The van der Waals surface area contributed by atoms with E-state index in [0.29, 0.717) is 6.04 Å². The quantitative estimate of drug-likeness (QED) is 0.632. The van der Waals surface area contributed by atoms with Crippen LogP contribution in [-0.2, 0) is 11.2 Å². The van der Waals surface area contributed by atoms with Gasteiger partial charge in [-0.3, -0.25) is 11.3 Å². The summed E-state index contributed by atoms with van der Waals surface area (Å²) in [5, 5.41) is 0. The van der Waals surface area contributed by atoms with E-state index < -0.39 is 0 Å². The summed E-state index contributed by atoms with van der Waals surface area (Å²) in [5.41, 5.74) is 5.79. The number of hydrogen-bond acceptors (Lipinski definition) is 3. The van der Waals surface area contributed by atoms with Gasteiger partial charge in [-0.2, -0.15) is 0 Å². The van der Waals surface area contributed by atoms with Crippen LogP contribution in [0.3, 0.4) is 0 Å². The normalized spacial score (nSPS) is 31.8. The van der Waals surface area contributed by atoms with Crippen LogP contribution in [0.15, 0.2) is 24.3 Å². The van der Waals surface area contributed by atoms with E-state index in [1.54, 1.807) is 0 Å². The van der Waals surface area contributed by atoms with Crippen molar-refractivity contribution in [1.29, 1.82) is 0 Å². The van der Waals surface area contributed by atoms with Crippen LogP contribution >= 0.6 is 0 Å². The molecular weight excluding hydrogens is 224 g/mol. The summed E-state index contributed by atoms with van der Waals surface area (Å²) in [6.45, 7) is 3.13. The molecule has 0 amide bonds. The first kappa shape index (κ1) is 12.2. The maximum atomic E-state index is 5.95. The highest BCUT2D eigenvalue weighted by Gasteiger charge is 2.40. The molecule has 3 heteroatoms. The Labute approximate surface area is 109 Å². The molecule has 1 fully saturated rings. The van der Waals surface area contributed by atoms with Gasteiger partial charge in [-0.15, -0.1) is 0 Å². The first-order chi connectivity index (χ1) is 8.79. The maximum absolute atomic E-state index is 5.95. The standard InChI is InChI=1S/C15H22N2O/c1-10-8-13(10)14(17-16)9-15-12-5-3-2-4-11(12)6-7-18-15/h2-5,10,13-15,17H,6-9,16H2,1H3. The van der Waals surface area contributed by atoms with E-state index in [2.05, 4.69) is 36.6 Å². The Morgan fingerprint density at radius 1 is 1.44 bits per heavy atom. The zero-order valence-corrected chi connectivity index (χ0v) is 10.9. The van der Waals surface area contributed by atoms with Gasteiger partial charge in [0.2, 0.25) is 0 Å². The molecular formula is C15H22N2O. The van der Waals surface area contributed by atoms with Gasteiger partial charge in [-0.1, -0.05) is 31.2 Å². The molecule has 4 unspecified atom stereocenters. The van der Waals surface area contributed by atoms with Gasteiger partial charge in [0.25, 0.3) is 0 Å².